The standard InChI is InChI=1S/C16H14BrClFNS/c17-11-2-1-10(14(18)7-11)9-20-15-5-6-21-16-4-3-12(19)8-13(15)16/h1-4,7-8,15,20H,5-6,9H2. The van der Waals surface area contributed by atoms with Crippen molar-refractivity contribution in [1.29, 1.82) is 0 Å². The van der Waals surface area contributed by atoms with E-state index in [1.165, 1.54) is 11.0 Å². The van der Waals surface area contributed by atoms with E-state index < -0.39 is 0 Å². The number of halogens is 3. The molecular formula is C16H14BrClFNS. The van der Waals surface area contributed by atoms with Crippen molar-refractivity contribution >= 4 is 39.3 Å². The molecule has 0 amide bonds. The maximum absolute atomic E-state index is 13.5. The summed E-state index contributed by atoms with van der Waals surface area (Å²) in [5, 5.41) is 4.24. The van der Waals surface area contributed by atoms with Gasteiger partial charge in [-0.2, -0.15) is 0 Å². The molecule has 3 rings (SSSR count). The summed E-state index contributed by atoms with van der Waals surface area (Å²) >= 11 is 11.4. The fourth-order valence-corrected chi connectivity index (χ4v) is 4.32. The summed E-state index contributed by atoms with van der Waals surface area (Å²) < 4.78 is 14.4. The van der Waals surface area contributed by atoms with Crippen molar-refractivity contribution in [1.82, 2.24) is 5.32 Å². The van der Waals surface area contributed by atoms with Gasteiger partial charge in [0.1, 0.15) is 5.82 Å². The van der Waals surface area contributed by atoms with Gasteiger partial charge in [0, 0.05) is 27.0 Å². The number of hydrogen-bond acceptors (Lipinski definition) is 2. The Balaban J connectivity index is 1.76. The normalized spacial score (nSPS) is 17.6. The molecule has 2 aromatic carbocycles. The van der Waals surface area contributed by atoms with Gasteiger partial charge in [0.25, 0.3) is 0 Å². The molecule has 110 valence electrons. The van der Waals surface area contributed by atoms with Gasteiger partial charge >= 0.3 is 0 Å². The highest BCUT2D eigenvalue weighted by Gasteiger charge is 2.21. The van der Waals surface area contributed by atoms with E-state index in [4.69, 9.17) is 11.6 Å². The molecule has 0 aromatic heterocycles. The van der Waals surface area contributed by atoms with Gasteiger partial charge in [-0.05, 0) is 53.6 Å². The van der Waals surface area contributed by atoms with E-state index in [2.05, 4.69) is 21.2 Å². The van der Waals surface area contributed by atoms with Gasteiger partial charge in [-0.1, -0.05) is 33.6 Å². The first-order valence-corrected chi connectivity index (χ1v) is 8.89. The smallest absolute Gasteiger partial charge is 0.123 e. The predicted molar refractivity (Wildman–Crippen MR) is 90.5 cm³/mol. The molecule has 1 nitrogen and oxygen atoms in total. The zero-order valence-electron chi connectivity index (χ0n) is 11.2. The summed E-state index contributed by atoms with van der Waals surface area (Å²) in [5.41, 5.74) is 2.11. The number of thioether (sulfide) groups is 1. The molecule has 1 aliphatic heterocycles. The number of fused-ring (bicyclic) bond motifs is 1. The van der Waals surface area contributed by atoms with Gasteiger partial charge in [0.2, 0.25) is 0 Å². The Bertz CT molecular complexity index is 665. The number of nitrogens with one attached hydrogen (secondary N) is 1. The minimum atomic E-state index is -0.176. The molecule has 0 saturated heterocycles. The minimum Gasteiger partial charge on any atom is -0.306 e. The Hall–Kier alpha value is -0.550. The third kappa shape index (κ3) is 3.62. The molecular weight excluding hydrogens is 373 g/mol. The molecule has 1 unspecified atom stereocenters. The van der Waals surface area contributed by atoms with Crippen LogP contribution in [0.4, 0.5) is 4.39 Å². The largest absolute Gasteiger partial charge is 0.306 e. The van der Waals surface area contributed by atoms with Crippen molar-refractivity contribution in [2.24, 2.45) is 0 Å². The maximum atomic E-state index is 13.5. The van der Waals surface area contributed by atoms with Crippen LogP contribution in [0.3, 0.4) is 0 Å². The SMILES string of the molecule is Fc1ccc2c(c1)C(NCc1ccc(Br)cc1Cl)CCS2. The summed E-state index contributed by atoms with van der Waals surface area (Å²) in [7, 11) is 0. The van der Waals surface area contributed by atoms with Crippen LogP contribution in [0.25, 0.3) is 0 Å². The lowest BCUT2D eigenvalue weighted by molar-refractivity contribution is 0.504. The molecule has 1 heterocycles. The minimum absolute atomic E-state index is 0.176. The molecule has 1 N–H and O–H groups in total. The number of hydrogen-bond donors (Lipinski definition) is 1. The summed E-state index contributed by atoms with van der Waals surface area (Å²) in [5.74, 6) is 0.870. The Morgan fingerprint density at radius 2 is 2.14 bits per heavy atom. The van der Waals surface area contributed by atoms with Gasteiger partial charge in [-0.15, -0.1) is 11.8 Å². The Morgan fingerprint density at radius 1 is 1.29 bits per heavy atom. The van der Waals surface area contributed by atoms with E-state index >= 15 is 0 Å². The highest BCUT2D eigenvalue weighted by Crippen LogP contribution is 2.36. The van der Waals surface area contributed by atoms with Crippen molar-refractivity contribution in [3.05, 3.63) is 62.8 Å². The fourth-order valence-electron chi connectivity index (χ4n) is 2.48. The Kier molecular flexibility index (Phi) is 4.89. The molecule has 0 radical (unpaired) electrons. The van der Waals surface area contributed by atoms with Crippen molar-refractivity contribution in [2.45, 2.75) is 23.9 Å². The molecule has 21 heavy (non-hydrogen) atoms. The van der Waals surface area contributed by atoms with Crippen LogP contribution >= 0.6 is 39.3 Å². The van der Waals surface area contributed by atoms with Crippen LogP contribution in [0, 0.1) is 5.82 Å². The van der Waals surface area contributed by atoms with Crippen molar-refractivity contribution < 1.29 is 4.39 Å². The summed E-state index contributed by atoms with van der Waals surface area (Å²) in [4.78, 5) is 1.17. The van der Waals surface area contributed by atoms with E-state index in [1.807, 2.05) is 24.3 Å². The third-order valence-corrected chi connectivity index (χ3v) is 5.53. The zero-order valence-corrected chi connectivity index (χ0v) is 14.4. The van der Waals surface area contributed by atoms with Crippen LogP contribution in [-0.2, 0) is 6.54 Å². The molecule has 0 aliphatic carbocycles. The van der Waals surface area contributed by atoms with Crippen LogP contribution < -0.4 is 5.32 Å². The molecule has 1 atom stereocenters. The summed E-state index contributed by atoms with van der Waals surface area (Å²) in [6.07, 6.45) is 0.995. The lowest BCUT2D eigenvalue weighted by atomic mass is 10.0. The van der Waals surface area contributed by atoms with E-state index in [0.29, 0.717) is 6.54 Å². The molecule has 5 heteroatoms. The second kappa shape index (κ2) is 6.69. The first-order valence-electron chi connectivity index (χ1n) is 6.73. The average molecular weight is 387 g/mol. The van der Waals surface area contributed by atoms with Crippen LogP contribution in [0.15, 0.2) is 45.8 Å². The Morgan fingerprint density at radius 3 is 2.95 bits per heavy atom. The second-order valence-electron chi connectivity index (χ2n) is 4.99. The lowest BCUT2D eigenvalue weighted by Crippen LogP contribution is -2.24. The van der Waals surface area contributed by atoms with Gasteiger partial charge in [-0.25, -0.2) is 4.39 Å². The van der Waals surface area contributed by atoms with Crippen molar-refractivity contribution in [3.63, 3.8) is 0 Å². The fraction of sp³-hybridized carbons (Fsp3) is 0.250. The first kappa shape index (κ1) is 15.3. The number of rotatable bonds is 3. The third-order valence-electron chi connectivity index (χ3n) is 3.57. The van der Waals surface area contributed by atoms with Gasteiger partial charge in [-0.3, -0.25) is 0 Å². The van der Waals surface area contributed by atoms with Crippen LogP contribution in [0.5, 0.6) is 0 Å². The van der Waals surface area contributed by atoms with Crippen LogP contribution in [-0.4, -0.2) is 5.75 Å². The average Bonchev–Trinajstić information content (AvgIpc) is 2.46. The maximum Gasteiger partial charge on any atom is 0.123 e. The van der Waals surface area contributed by atoms with E-state index in [9.17, 15) is 4.39 Å². The second-order valence-corrected chi connectivity index (χ2v) is 7.45. The Labute approximate surface area is 141 Å². The number of benzene rings is 2. The quantitative estimate of drug-likeness (QED) is 0.740. The first-order chi connectivity index (χ1) is 10.1. The highest BCUT2D eigenvalue weighted by molar-refractivity contribution is 9.10. The topological polar surface area (TPSA) is 12.0 Å². The van der Waals surface area contributed by atoms with E-state index in [-0.39, 0.29) is 11.9 Å². The molecule has 0 saturated carbocycles. The van der Waals surface area contributed by atoms with Gasteiger partial charge in [0.15, 0.2) is 0 Å². The van der Waals surface area contributed by atoms with Crippen molar-refractivity contribution in [3.8, 4) is 0 Å². The van der Waals surface area contributed by atoms with Crippen LogP contribution in [0.1, 0.15) is 23.6 Å². The summed E-state index contributed by atoms with van der Waals surface area (Å²) in [6.45, 7) is 0.678. The predicted octanol–water partition coefficient (Wildman–Crippen LogP) is 5.57. The molecule has 0 fully saturated rings. The summed E-state index contributed by atoms with van der Waals surface area (Å²) in [6, 6.07) is 11.1. The van der Waals surface area contributed by atoms with E-state index in [1.54, 1.807) is 17.8 Å². The molecule has 0 bridgehead atoms. The molecule has 1 aliphatic rings. The van der Waals surface area contributed by atoms with Gasteiger partial charge in [0.05, 0.1) is 0 Å². The zero-order chi connectivity index (χ0) is 14.8. The van der Waals surface area contributed by atoms with Gasteiger partial charge < -0.3 is 5.32 Å². The highest BCUT2D eigenvalue weighted by atomic mass is 79.9. The van der Waals surface area contributed by atoms with E-state index in [0.717, 1.165) is 32.8 Å². The van der Waals surface area contributed by atoms with Crippen molar-refractivity contribution in [2.75, 3.05) is 5.75 Å². The lowest BCUT2D eigenvalue weighted by Gasteiger charge is -2.26. The monoisotopic (exact) mass is 385 g/mol. The van der Waals surface area contributed by atoms with Crippen LogP contribution in [0.2, 0.25) is 5.02 Å². The molecule has 2 aromatic rings. The molecule has 0 spiro atoms.